The fraction of sp³-hybridized carbons (Fsp3) is 0.667. The van der Waals surface area contributed by atoms with Crippen LogP contribution in [0.25, 0.3) is 0 Å². The highest BCUT2D eigenvalue weighted by atomic mass is 79.9. The molecular formula is C12H19BrN4O. The van der Waals surface area contributed by atoms with Gasteiger partial charge < -0.3 is 15.0 Å². The zero-order valence-electron chi connectivity index (χ0n) is 10.6. The molecule has 1 N–H and O–H groups in total. The number of aromatic nitrogens is 2. The van der Waals surface area contributed by atoms with Gasteiger partial charge in [-0.1, -0.05) is 6.92 Å². The summed E-state index contributed by atoms with van der Waals surface area (Å²) in [7, 11) is 0. The van der Waals surface area contributed by atoms with Crippen LogP contribution in [0.15, 0.2) is 17.0 Å². The van der Waals surface area contributed by atoms with E-state index in [2.05, 4.69) is 43.0 Å². The van der Waals surface area contributed by atoms with Gasteiger partial charge in [0.2, 0.25) is 0 Å². The number of nitrogens with one attached hydrogen (secondary N) is 1. The van der Waals surface area contributed by atoms with Crippen molar-refractivity contribution >= 4 is 21.7 Å². The second-order valence-electron chi connectivity index (χ2n) is 4.32. The molecule has 5 nitrogen and oxygen atoms in total. The van der Waals surface area contributed by atoms with Crippen molar-refractivity contribution in [2.24, 2.45) is 0 Å². The van der Waals surface area contributed by atoms with E-state index in [9.17, 15) is 0 Å². The predicted molar refractivity (Wildman–Crippen MR) is 74.8 cm³/mol. The van der Waals surface area contributed by atoms with Crippen molar-refractivity contribution in [1.82, 2.24) is 15.3 Å². The Morgan fingerprint density at radius 3 is 3.28 bits per heavy atom. The van der Waals surface area contributed by atoms with E-state index in [1.807, 2.05) is 0 Å². The van der Waals surface area contributed by atoms with E-state index in [0.29, 0.717) is 6.04 Å². The number of rotatable bonds is 5. The summed E-state index contributed by atoms with van der Waals surface area (Å²) >= 11 is 3.51. The smallest absolute Gasteiger partial charge is 0.146 e. The highest BCUT2D eigenvalue weighted by molar-refractivity contribution is 9.10. The fourth-order valence-corrected chi connectivity index (χ4v) is 2.51. The third-order valence-electron chi connectivity index (χ3n) is 2.95. The van der Waals surface area contributed by atoms with Crippen LogP contribution in [0.5, 0.6) is 0 Å². The van der Waals surface area contributed by atoms with E-state index in [1.165, 1.54) is 0 Å². The maximum absolute atomic E-state index is 5.56. The summed E-state index contributed by atoms with van der Waals surface area (Å²) < 4.78 is 6.50. The average molecular weight is 315 g/mol. The topological polar surface area (TPSA) is 50.3 Å². The first kappa shape index (κ1) is 13.7. The number of hydrogen-bond acceptors (Lipinski definition) is 5. The molecule has 1 aliphatic rings. The van der Waals surface area contributed by atoms with E-state index in [0.717, 1.165) is 49.6 Å². The zero-order valence-corrected chi connectivity index (χ0v) is 12.2. The van der Waals surface area contributed by atoms with Crippen molar-refractivity contribution in [1.29, 1.82) is 0 Å². The van der Waals surface area contributed by atoms with E-state index in [4.69, 9.17) is 4.74 Å². The number of halogens is 1. The highest BCUT2D eigenvalue weighted by Gasteiger charge is 2.25. The molecule has 1 unspecified atom stereocenters. The Labute approximate surface area is 116 Å². The first-order chi connectivity index (χ1) is 8.83. The average Bonchev–Trinajstić information content (AvgIpc) is 2.40. The van der Waals surface area contributed by atoms with E-state index in [-0.39, 0.29) is 0 Å². The Morgan fingerprint density at radius 2 is 2.50 bits per heavy atom. The molecule has 0 radical (unpaired) electrons. The summed E-state index contributed by atoms with van der Waals surface area (Å²) in [6, 6.07) is 0.330. The lowest BCUT2D eigenvalue weighted by atomic mass is 10.2. The van der Waals surface area contributed by atoms with Gasteiger partial charge in [0.25, 0.3) is 0 Å². The summed E-state index contributed by atoms with van der Waals surface area (Å²) in [4.78, 5) is 10.7. The molecule has 1 fully saturated rings. The summed E-state index contributed by atoms with van der Waals surface area (Å²) in [5.74, 6) is 0.955. The third-order valence-corrected chi connectivity index (χ3v) is 3.51. The van der Waals surface area contributed by atoms with E-state index < -0.39 is 0 Å². The quantitative estimate of drug-likeness (QED) is 0.834. The molecule has 0 bridgehead atoms. The molecule has 0 aliphatic carbocycles. The lowest BCUT2D eigenvalue weighted by Crippen LogP contribution is -2.51. The number of ether oxygens (including phenoxy) is 1. The zero-order chi connectivity index (χ0) is 12.8. The minimum absolute atomic E-state index is 0.330. The van der Waals surface area contributed by atoms with Gasteiger partial charge >= 0.3 is 0 Å². The van der Waals surface area contributed by atoms with E-state index in [1.54, 1.807) is 12.5 Å². The van der Waals surface area contributed by atoms with Crippen LogP contribution in [-0.2, 0) is 4.74 Å². The lowest BCUT2D eigenvalue weighted by molar-refractivity contribution is 0.0933. The summed E-state index contributed by atoms with van der Waals surface area (Å²) in [5.41, 5.74) is 0. The molecular weight excluding hydrogens is 296 g/mol. The Hall–Kier alpha value is -0.720. The molecule has 100 valence electrons. The first-order valence-electron chi connectivity index (χ1n) is 6.33. The maximum atomic E-state index is 5.56. The number of anilines is 1. The van der Waals surface area contributed by atoms with Gasteiger partial charge in [0.05, 0.1) is 23.7 Å². The highest BCUT2D eigenvalue weighted by Crippen LogP contribution is 2.25. The monoisotopic (exact) mass is 314 g/mol. The molecule has 6 heteroatoms. The molecule has 2 rings (SSSR count). The molecule has 1 aromatic rings. The van der Waals surface area contributed by atoms with Gasteiger partial charge in [-0.25, -0.2) is 9.97 Å². The minimum Gasteiger partial charge on any atom is -0.377 e. The van der Waals surface area contributed by atoms with Crippen LogP contribution < -0.4 is 10.2 Å². The Kier molecular flexibility index (Phi) is 5.34. The van der Waals surface area contributed by atoms with E-state index >= 15 is 0 Å². The number of hydrogen-bond donors (Lipinski definition) is 1. The SMILES string of the molecule is CCCNCC1COCCN1c1ncncc1Br. The molecule has 0 amide bonds. The standard InChI is InChI=1S/C12H19BrN4O/c1-2-3-14-6-10-8-18-5-4-17(10)12-11(13)7-15-9-16-12/h7,9-10,14H,2-6,8H2,1H3. The van der Waals surface area contributed by atoms with Gasteiger partial charge in [-0.2, -0.15) is 0 Å². The van der Waals surface area contributed by atoms with Crippen LogP contribution >= 0.6 is 15.9 Å². The molecule has 0 saturated carbocycles. The second-order valence-corrected chi connectivity index (χ2v) is 5.17. The molecule has 0 spiro atoms. The van der Waals surface area contributed by atoms with Crippen LogP contribution in [0.2, 0.25) is 0 Å². The normalized spacial score (nSPS) is 20.1. The van der Waals surface area contributed by atoms with Crippen LogP contribution in [-0.4, -0.2) is 48.9 Å². The van der Waals surface area contributed by atoms with Gasteiger partial charge in [0.1, 0.15) is 12.1 Å². The van der Waals surface area contributed by atoms with Crippen LogP contribution in [0.1, 0.15) is 13.3 Å². The van der Waals surface area contributed by atoms with Gasteiger partial charge in [-0.15, -0.1) is 0 Å². The first-order valence-corrected chi connectivity index (χ1v) is 7.12. The predicted octanol–water partition coefficient (Wildman–Crippen LogP) is 1.44. The Bertz CT molecular complexity index is 377. The summed E-state index contributed by atoms with van der Waals surface area (Å²) in [6.45, 7) is 6.49. The molecule has 18 heavy (non-hydrogen) atoms. The van der Waals surface area contributed by atoms with Crippen molar-refractivity contribution in [3.63, 3.8) is 0 Å². The fourth-order valence-electron chi connectivity index (χ4n) is 2.07. The molecule has 1 atom stereocenters. The molecule has 2 heterocycles. The second kappa shape index (κ2) is 7.01. The molecule has 1 aromatic heterocycles. The van der Waals surface area contributed by atoms with Crippen molar-refractivity contribution in [3.05, 3.63) is 17.0 Å². The van der Waals surface area contributed by atoms with Crippen molar-refractivity contribution in [2.45, 2.75) is 19.4 Å². The minimum atomic E-state index is 0.330. The largest absolute Gasteiger partial charge is 0.377 e. The van der Waals surface area contributed by atoms with Gasteiger partial charge in [-0.05, 0) is 28.9 Å². The number of morpholine rings is 1. The Morgan fingerprint density at radius 1 is 1.61 bits per heavy atom. The molecule has 0 aromatic carbocycles. The number of nitrogens with zero attached hydrogens (tertiary/aromatic N) is 3. The van der Waals surface area contributed by atoms with Crippen LogP contribution in [0, 0.1) is 0 Å². The lowest BCUT2D eigenvalue weighted by Gasteiger charge is -2.37. The Balaban J connectivity index is 2.05. The van der Waals surface area contributed by atoms with Crippen molar-refractivity contribution in [2.75, 3.05) is 37.7 Å². The van der Waals surface area contributed by atoms with Crippen molar-refractivity contribution in [3.8, 4) is 0 Å². The molecule has 1 saturated heterocycles. The van der Waals surface area contributed by atoms with Crippen LogP contribution in [0.4, 0.5) is 5.82 Å². The summed E-state index contributed by atoms with van der Waals surface area (Å²) in [5, 5.41) is 3.44. The van der Waals surface area contributed by atoms with Crippen molar-refractivity contribution < 1.29 is 4.74 Å². The molecule has 1 aliphatic heterocycles. The third kappa shape index (κ3) is 3.40. The van der Waals surface area contributed by atoms with Gasteiger partial charge in [0, 0.05) is 19.3 Å². The van der Waals surface area contributed by atoms with Gasteiger partial charge in [-0.3, -0.25) is 0 Å². The van der Waals surface area contributed by atoms with Crippen LogP contribution in [0.3, 0.4) is 0 Å². The maximum Gasteiger partial charge on any atom is 0.146 e. The summed E-state index contributed by atoms with van der Waals surface area (Å²) in [6.07, 6.45) is 4.52. The van der Waals surface area contributed by atoms with Gasteiger partial charge in [0.15, 0.2) is 0 Å².